The summed E-state index contributed by atoms with van der Waals surface area (Å²) in [6.45, 7) is 3.23. The molecular weight excluding hydrogens is 302 g/mol. The molecule has 2 aromatic rings. The van der Waals surface area contributed by atoms with Gasteiger partial charge in [-0.25, -0.2) is 0 Å². The number of carbonyl (C=O) groups excluding carboxylic acids is 2. The maximum absolute atomic E-state index is 11.9. The number of benzene rings is 1. The minimum Gasteiger partial charge on any atom is -0.459 e. The summed E-state index contributed by atoms with van der Waals surface area (Å²) < 4.78 is 5.04. The third-order valence-electron chi connectivity index (χ3n) is 2.77. The second-order valence-corrected chi connectivity index (χ2v) is 5.00. The predicted octanol–water partition coefficient (Wildman–Crippen LogP) is 2.67. The SMILES string of the molecule is CC(=O)NC(=S)Nc1ccc(NC(=O)c2ccco2)c(C)c1. The lowest BCUT2D eigenvalue weighted by atomic mass is 10.1. The fraction of sp³-hybridized carbons (Fsp3) is 0.133. The lowest BCUT2D eigenvalue weighted by Gasteiger charge is -2.12. The number of rotatable bonds is 3. The molecule has 7 heteroatoms. The lowest BCUT2D eigenvalue weighted by molar-refractivity contribution is -0.117. The van der Waals surface area contributed by atoms with E-state index >= 15 is 0 Å². The molecule has 1 aromatic carbocycles. The fourth-order valence-corrected chi connectivity index (χ4v) is 2.06. The van der Waals surface area contributed by atoms with E-state index in [4.69, 9.17) is 16.6 Å². The van der Waals surface area contributed by atoms with Gasteiger partial charge in [0.15, 0.2) is 10.9 Å². The minimum atomic E-state index is -0.317. The van der Waals surface area contributed by atoms with E-state index in [1.807, 2.05) is 13.0 Å². The molecule has 0 aliphatic carbocycles. The van der Waals surface area contributed by atoms with E-state index in [-0.39, 0.29) is 22.7 Å². The van der Waals surface area contributed by atoms with Crippen LogP contribution in [-0.4, -0.2) is 16.9 Å². The number of anilines is 2. The summed E-state index contributed by atoms with van der Waals surface area (Å²) in [5.74, 6) is -0.312. The van der Waals surface area contributed by atoms with E-state index in [0.29, 0.717) is 11.4 Å². The Balaban J connectivity index is 2.05. The molecule has 22 heavy (non-hydrogen) atoms. The van der Waals surface area contributed by atoms with Crippen molar-refractivity contribution in [2.75, 3.05) is 10.6 Å². The summed E-state index contributed by atoms with van der Waals surface area (Å²) in [7, 11) is 0. The Labute approximate surface area is 132 Å². The summed E-state index contributed by atoms with van der Waals surface area (Å²) in [4.78, 5) is 22.8. The van der Waals surface area contributed by atoms with Gasteiger partial charge in [0.2, 0.25) is 5.91 Å². The van der Waals surface area contributed by atoms with E-state index in [0.717, 1.165) is 5.56 Å². The quantitative estimate of drug-likeness (QED) is 0.758. The first kappa shape index (κ1) is 15.7. The van der Waals surface area contributed by atoms with Crippen LogP contribution in [0.1, 0.15) is 23.0 Å². The van der Waals surface area contributed by atoms with E-state index in [9.17, 15) is 9.59 Å². The highest BCUT2D eigenvalue weighted by molar-refractivity contribution is 7.80. The average molecular weight is 317 g/mol. The molecule has 3 N–H and O–H groups in total. The van der Waals surface area contributed by atoms with Gasteiger partial charge < -0.3 is 20.4 Å². The normalized spacial score (nSPS) is 9.91. The van der Waals surface area contributed by atoms with E-state index in [2.05, 4.69) is 16.0 Å². The molecule has 0 fully saturated rings. The van der Waals surface area contributed by atoms with Gasteiger partial charge in [-0.3, -0.25) is 9.59 Å². The van der Waals surface area contributed by atoms with Crippen LogP contribution in [0, 0.1) is 6.92 Å². The molecule has 0 aliphatic heterocycles. The molecule has 0 aliphatic rings. The number of furan rings is 1. The number of aryl methyl sites for hydroxylation is 1. The van der Waals surface area contributed by atoms with Crippen molar-refractivity contribution in [2.45, 2.75) is 13.8 Å². The fourth-order valence-electron chi connectivity index (χ4n) is 1.80. The number of hydrogen-bond acceptors (Lipinski definition) is 4. The van der Waals surface area contributed by atoms with Gasteiger partial charge in [-0.2, -0.15) is 0 Å². The summed E-state index contributed by atoms with van der Waals surface area (Å²) >= 11 is 4.99. The van der Waals surface area contributed by atoms with E-state index in [1.165, 1.54) is 13.2 Å². The Morgan fingerprint density at radius 2 is 1.95 bits per heavy atom. The summed E-state index contributed by atoms with van der Waals surface area (Å²) in [5.41, 5.74) is 2.22. The topological polar surface area (TPSA) is 83.4 Å². The summed E-state index contributed by atoms with van der Waals surface area (Å²) in [5, 5.41) is 8.35. The Hall–Kier alpha value is -2.67. The number of nitrogens with one attached hydrogen (secondary N) is 3. The zero-order valence-electron chi connectivity index (χ0n) is 12.1. The van der Waals surface area contributed by atoms with E-state index < -0.39 is 0 Å². The van der Waals surface area contributed by atoms with Crippen LogP contribution in [0.15, 0.2) is 41.0 Å². The molecule has 1 aromatic heterocycles. The van der Waals surface area contributed by atoms with Crippen LogP contribution in [0.4, 0.5) is 11.4 Å². The number of amides is 2. The van der Waals surface area contributed by atoms with Crippen molar-refractivity contribution >= 4 is 40.5 Å². The summed E-state index contributed by atoms with van der Waals surface area (Å²) in [6.07, 6.45) is 1.44. The second-order valence-electron chi connectivity index (χ2n) is 4.60. The van der Waals surface area contributed by atoms with Crippen LogP contribution in [0.3, 0.4) is 0 Å². The van der Waals surface area contributed by atoms with Gasteiger partial charge in [0.05, 0.1) is 6.26 Å². The molecule has 0 spiro atoms. The Bertz CT molecular complexity index is 711. The van der Waals surface area contributed by atoms with Gasteiger partial charge in [0, 0.05) is 18.3 Å². The third kappa shape index (κ3) is 4.16. The highest BCUT2D eigenvalue weighted by atomic mass is 32.1. The molecule has 0 bridgehead atoms. The van der Waals surface area contributed by atoms with Gasteiger partial charge in [-0.15, -0.1) is 0 Å². The molecule has 0 unspecified atom stereocenters. The van der Waals surface area contributed by atoms with E-state index in [1.54, 1.807) is 24.3 Å². The highest BCUT2D eigenvalue weighted by Gasteiger charge is 2.10. The summed E-state index contributed by atoms with van der Waals surface area (Å²) in [6, 6.07) is 8.55. The van der Waals surface area contributed by atoms with Gasteiger partial charge in [0.1, 0.15) is 0 Å². The average Bonchev–Trinajstić information content (AvgIpc) is 2.94. The van der Waals surface area contributed by atoms with Crippen molar-refractivity contribution in [2.24, 2.45) is 0 Å². The first-order valence-electron chi connectivity index (χ1n) is 6.50. The Morgan fingerprint density at radius 3 is 2.55 bits per heavy atom. The standard InChI is InChI=1S/C15H15N3O3S/c1-9-8-11(17-15(22)16-10(2)19)5-6-12(9)18-14(20)13-4-3-7-21-13/h3-8H,1-2H3,(H,18,20)(H2,16,17,19,22). The maximum atomic E-state index is 11.9. The van der Waals surface area contributed by atoms with Crippen LogP contribution >= 0.6 is 12.2 Å². The molecular formula is C15H15N3O3S. The lowest BCUT2D eigenvalue weighted by Crippen LogP contribution is -2.32. The van der Waals surface area contributed by atoms with Crippen molar-refractivity contribution in [3.8, 4) is 0 Å². The van der Waals surface area contributed by atoms with Crippen LogP contribution in [0.2, 0.25) is 0 Å². The van der Waals surface area contributed by atoms with Crippen molar-refractivity contribution < 1.29 is 14.0 Å². The maximum Gasteiger partial charge on any atom is 0.291 e. The molecule has 0 saturated carbocycles. The van der Waals surface area contributed by atoms with Gasteiger partial charge >= 0.3 is 0 Å². The zero-order valence-corrected chi connectivity index (χ0v) is 12.9. The molecule has 0 saturated heterocycles. The second kappa shape index (κ2) is 6.86. The smallest absolute Gasteiger partial charge is 0.291 e. The van der Waals surface area contributed by atoms with Crippen molar-refractivity contribution in [3.05, 3.63) is 47.9 Å². The molecule has 114 valence electrons. The molecule has 0 radical (unpaired) electrons. The monoisotopic (exact) mass is 317 g/mol. The highest BCUT2D eigenvalue weighted by Crippen LogP contribution is 2.20. The van der Waals surface area contributed by atoms with Gasteiger partial charge in [-0.05, 0) is 55.0 Å². The molecule has 6 nitrogen and oxygen atoms in total. The van der Waals surface area contributed by atoms with Crippen LogP contribution in [0.5, 0.6) is 0 Å². The van der Waals surface area contributed by atoms with Gasteiger partial charge in [-0.1, -0.05) is 0 Å². The number of hydrogen-bond donors (Lipinski definition) is 3. The van der Waals surface area contributed by atoms with Crippen LogP contribution in [0.25, 0.3) is 0 Å². The van der Waals surface area contributed by atoms with Crippen molar-refractivity contribution in [3.63, 3.8) is 0 Å². The Morgan fingerprint density at radius 1 is 1.18 bits per heavy atom. The first-order valence-corrected chi connectivity index (χ1v) is 6.90. The molecule has 2 rings (SSSR count). The number of carbonyl (C=O) groups is 2. The Kier molecular flexibility index (Phi) is 4.90. The first-order chi connectivity index (χ1) is 10.5. The zero-order chi connectivity index (χ0) is 16.1. The molecule has 0 atom stereocenters. The molecule has 2 amide bonds. The molecule has 1 heterocycles. The minimum absolute atomic E-state index is 0.222. The number of thiocarbonyl (C=S) groups is 1. The van der Waals surface area contributed by atoms with Crippen molar-refractivity contribution in [1.82, 2.24) is 5.32 Å². The predicted molar refractivity (Wildman–Crippen MR) is 87.9 cm³/mol. The van der Waals surface area contributed by atoms with Crippen LogP contribution < -0.4 is 16.0 Å². The largest absolute Gasteiger partial charge is 0.459 e. The van der Waals surface area contributed by atoms with Gasteiger partial charge in [0.25, 0.3) is 5.91 Å². The third-order valence-corrected chi connectivity index (χ3v) is 2.97. The van der Waals surface area contributed by atoms with Crippen molar-refractivity contribution in [1.29, 1.82) is 0 Å². The van der Waals surface area contributed by atoms with Crippen LogP contribution in [-0.2, 0) is 4.79 Å².